The highest BCUT2D eigenvalue weighted by Gasteiger charge is 2.06. The number of nitrogens with zero attached hydrogens (tertiary/aromatic N) is 2. The molecule has 0 fully saturated rings. The fourth-order valence-corrected chi connectivity index (χ4v) is 2.16. The summed E-state index contributed by atoms with van der Waals surface area (Å²) in [6, 6.07) is 6.30. The van der Waals surface area contributed by atoms with E-state index in [0.717, 1.165) is 28.1 Å². The van der Waals surface area contributed by atoms with E-state index in [4.69, 9.17) is 5.73 Å². The van der Waals surface area contributed by atoms with Crippen molar-refractivity contribution in [3.8, 4) is 5.69 Å². The standard InChI is InChI=1S/C13H16BrN3/c1-9-3-4-12(7-13(9)14)17-8-11(5-6-15)16-10(17)2/h3-4,7-8H,5-6,15H2,1-2H3. The van der Waals surface area contributed by atoms with E-state index < -0.39 is 0 Å². The first-order chi connectivity index (χ1) is 8.11. The summed E-state index contributed by atoms with van der Waals surface area (Å²) in [6.45, 7) is 4.72. The highest BCUT2D eigenvalue weighted by atomic mass is 79.9. The van der Waals surface area contributed by atoms with Gasteiger partial charge in [0.25, 0.3) is 0 Å². The van der Waals surface area contributed by atoms with Gasteiger partial charge in [-0.05, 0) is 38.1 Å². The van der Waals surface area contributed by atoms with E-state index in [1.54, 1.807) is 0 Å². The SMILES string of the molecule is Cc1ccc(-n2cc(CCN)nc2C)cc1Br. The van der Waals surface area contributed by atoms with E-state index in [2.05, 4.69) is 56.8 Å². The van der Waals surface area contributed by atoms with E-state index in [9.17, 15) is 0 Å². The minimum Gasteiger partial charge on any atom is -0.330 e. The molecule has 0 saturated carbocycles. The fraction of sp³-hybridized carbons (Fsp3) is 0.308. The van der Waals surface area contributed by atoms with Crippen LogP contribution in [0.4, 0.5) is 0 Å². The Morgan fingerprint density at radius 3 is 2.76 bits per heavy atom. The molecule has 2 rings (SSSR count). The average molecular weight is 294 g/mol. The van der Waals surface area contributed by atoms with Crippen LogP contribution in [-0.4, -0.2) is 16.1 Å². The van der Waals surface area contributed by atoms with Crippen molar-refractivity contribution in [1.29, 1.82) is 0 Å². The van der Waals surface area contributed by atoms with E-state index in [1.165, 1.54) is 5.56 Å². The first-order valence-electron chi connectivity index (χ1n) is 5.63. The number of aromatic nitrogens is 2. The Hall–Kier alpha value is -1.13. The first-order valence-corrected chi connectivity index (χ1v) is 6.42. The van der Waals surface area contributed by atoms with Crippen LogP contribution in [0, 0.1) is 13.8 Å². The van der Waals surface area contributed by atoms with Crippen LogP contribution in [0.25, 0.3) is 5.69 Å². The Bertz CT molecular complexity index is 531. The molecule has 1 heterocycles. The summed E-state index contributed by atoms with van der Waals surface area (Å²) in [5, 5.41) is 0. The third kappa shape index (κ3) is 2.58. The largest absolute Gasteiger partial charge is 0.330 e. The van der Waals surface area contributed by atoms with Gasteiger partial charge in [-0.1, -0.05) is 22.0 Å². The van der Waals surface area contributed by atoms with Crippen LogP contribution < -0.4 is 5.73 Å². The summed E-state index contributed by atoms with van der Waals surface area (Å²) in [5.74, 6) is 0.990. The molecule has 2 aromatic rings. The second kappa shape index (κ2) is 5.02. The Kier molecular flexibility index (Phi) is 3.64. The monoisotopic (exact) mass is 293 g/mol. The summed E-state index contributed by atoms with van der Waals surface area (Å²) < 4.78 is 3.21. The highest BCUT2D eigenvalue weighted by Crippen LogP contribution is 2.21. The average Bonchev–Trinajstić information content (AvgIpc) is 2.64. The van der Waals surface area contributed by atoms with E-state index in [0.29, 0.717) is 6.54 Å². The lowest BCUT2D eigenvalue weighted by Crippen LogP contribution is -2.02. The van der Waals surface area contributed by atoms with Crippen LogP contribution in [0.2, 0.25) is 0 Å². The molecule has 0 aliphatic rings. The molecule has 17 heavy (non-hydrogen) atoms. The molecule has 1 aromatic heterocycles. The summed E-state index contributed by atoms with van der Waals surface area (Å²) in [6.07, 6.45) is 2.88. The summed E-state index contributed by atoms with van der Waals surface area (Å²) >= 11 is 3.55. The molecule has 90 valence electrons. The van der Waals surface area contributed by atoms with Gasteiger partial charge in [-0.15, -0.1) is 0 Å². The van der Waals surface area contributed by atoms with E-state index in [1.807, 2.05) is 6.92 Å². The zero-order valence-electron chi connectivity index (χ0n) is 10.1. The molecule has 2 N–H and O–H groups in total. The van der Waals surface area contributed by atoms with Gasteiger partial charge in [0.15, 0.2) is 0 Å². The zero-order valence-corrected chi connectivity index (χ0v) is 11.7. The number of hydrogen-bond acceptors (Lipinski definition) is 2. The maximum Gasteiger partial charge on any atom is 0.110 e. The highest BCUT2D eigenvalue weighted by molar-refractivity contribution is 9.10. The lowest BCUT2D eigenvalue weighted by molar-refractivity contribution is 0.928. The van der Waals surface area contributed by atoms with Gasteiger partial charge in [0.1, 0.15) is 5.82 Å². The fourth-order valence-electron chi connectivity index (χ4n) is 1.79. The predicted molar refractivity (Wildman–Crippen MR) is 73.5 cm³/mol. The van der Waals surface area contributed by atoms with Crippen LogP contribution in [0.1, 0.15) is 17.1 Å². The van der Waals surface area contributed by atoms with Crippen LogP contribution in [0.3, 0.4) is 0 Å². The van der Waals surface area contributed by atoms with E-state index >= 15 is 0 Å². The van der Waals surface area contributed by atoms with Crippen molar-refractivity contribution in [2.75, 3.05) is 6.54 Å². The number of imidazole rings is 1. The van der Waals surface area contributed by atoms with Crippen molar-refractivity contribution in [1.82, 2.24) is 9.55 Å². The molecule has 1 aromatic carbocycles. The summed E-state index contributed by atoms with van der Waals surface area (Å²) in [7, 11) is 0. The van der Waals surface area contributed by atoms with Crippen LogP contribution in [0.5, 0.6) is 0 Å². The van der Waals surface area contributed by atoms with Gasteiger partial charge >= 0.3 is 0 Å². The number of nitrogens with two attached hydrogens (primary N) is 1. The second-order valence-corrected chi connectivity index (χ2v) is 4.98. The second-order valence-electron chi connectivity index (χ2n) is 4.12. The zero-order chi connectivity index (χ0) is 12.4. The molecule has 0 amide bonds. The van der Waals surface area contributed by atoms with Crippen molar-refractivity contribution in [3.05, 3.63) is 46.0 Å². The number of halogens is 1. The molecule has 0 spiro atoms. The number of aryl methyl sites for hydroxylation is 2. The summed E-state index contributed by atoms with van der Waals surface area (Å²) in [5.41, 5.74) is 8.94. The molecule has 0 unspecified atom stereocenters. The lowest BCUT2D eigenvalue weighted by Gasteiger charge is -2.06. The molecular weight excluding hydrogens is 278 g/mol. The van der Waals surface area contributed by atoms with Gasteiger partial charge in [0.05, 0.1) is 5.69 Å². The van der Waals surface area contributed by atoms with E-state index in [-0.39, 0.29) is 0 Å². The van der Waals surface area contributed by atoms with Gasteiger partial charge < -0.3 is 10.3 Å². The lowest BCUT2D eigenvalue weighted by atomic mass is 10.2. The molecule has 0 atom stereocenters. The predicted octanol–water partition coefficient (Wildman–Crippen LogP) is 2.75. The molecule has 0 bridgehead atoms. The third-order valence-corrected chi connectivity index (χ3v) is 3.62. The van der Waals surface area contributed by atoms with Crippen molar-refractivity contribution in [2.24, 2.45) is 5.73 Å². The molecule has 0 aliphatic carbocycles. The van der Waals surface area contributed by atoms with Crippen molar-refractivity contribution >= 4 is 15.9 Å². The quantitative estimate of drug-likeness (QED) is 0.946. The molecular formula is C13H16BrN3. The maximum absolute atomic E-state index is 5.55. The van der Waals surface area contributed by atoms with Crippen LogP contribution in [0.15, 0.2) is 28.9 Å². The van der Waals surface area contributed by atoms with Crippen LogP contribution >= 0.6 is 15.9 Å². The first kappa shape index (κ1) is 12.3. The molecule has 3 nitrogen and oxygen atoms in total. The smallest absolute Gasteiger partial charge is 0.110 e. The van der Waals surface area contributed by atoms with Crippen LogP contribution in [-0.2, 0) is 6.42 Å². The third-order valence-electron chi connectivity index (χ3n) is 2.77. The number of rotatable bonds is 3. The van der Waals surface area contributed by atoms with Gasteiger partial charge in [-0.2, -0.15) is 0 Å². The summed E-state index contributed by atoms with van der Waals surface area (Å²) in [4.78, 5) is 4.50. The number of benzene rings is 1. The normalized spacial score (nSPS) is 10.8. The van der Waals surface area contributed by atoms with Crippen molar-refractivity contribution in [2.45, 2.75) is 20.3 Å². The van der Waals surface area contributed by atoms with Gasteiger partial charge in [-0.3, -0.25) is 0 Å². The Balaban J connectivity index is 2.41. The minimum absolute atomic E-state index is 0.633. The van der Waals surface area contributed by atoms with Gasteiger partial charge in [0, 0.05) is 22.8 Å². The topological polar surface area (TPSA) is 43.8 Å². The number of hydrogen-bond donors (Lipinski definition) is 1. The van der Waals surface area contributed by atoms with Crippen molar-refractivity contribution in [3.63, 3.8) is 0 Å². The molecule has 0 radical (unpaired) electrons. The minimum atomic E-state index is 0.633. The Morgan fingerprint density at radius 2 is 2.12 bits per heavy atom. The molecule has 0 aliphatic heterocycles. The Morgan fingerprint density at radius 1 is 1.35 bits per heavy atom. The molecule has 0 saturated heterocycles. The van der Waals surface area contributed by atoms with Crippen molar-refractivity contribution < 1.29 is 0 Å². The van der Waals surface area contributed by atoms with Gasteiger partial charge in [0.2, 0.25) is 0 Å². The maximum atomic E-state index is 5.55. The van der Waals surface area contributed by atoms with Gasteiger partial charge in [-0.25, -0.2) is 4.98 Å². The molecule has 4 heteroatoms. The Labute approximate surface area is 110 Å².